The summed E-state index contributed by atoms with van der Waals surface area (Å²) in [6.45, 7) is 4.37. The molecule has 5 heterocycles. The van der Waals surface area contributed by atoms with Crippen molar-refractivity contribution in [3.05, 3.63) is 102 Å². The molecule has 0 saturated heterocycles. The molecule has 1 unspecified atom stereocenters. The number of primary amides is 1. The van der Waals surface area contributed by atoms with Crippen LogP contribution in [0, 0.1) is 10.1 Å². The Morgan fingerprint density at radius 3 is 2.22 bits per heavy atom. The number of amides is 4. The first-order valence-corrected chi connectivity index (χ1v) is 34.5. The lowest BCUT2D eigenvalue weighted by atomic mass is 9.82. The van der Waals surface area contributed by atoms with Crippen molar-refractivity contribution in [3.63, 3.8) is 0 Å². The number of benzene rings is 4. The van der Waals surface area contributed by atoms with Gasteiger partial charge in [-0.25, -0.2) is 26.1 Å². The summed E-state index contributed by atoms with van der Waals surface area (Å²) in [6.07, 6.45) is 10.9. The minimum atomic E-state index is -5.24. The van der Waals surface area contributed by atoms with Gasteiger partial charge in [-0.2, -0.15) is 12.6 Å². The normalized spacial score (nSPS) is 15.9. The monoisotopic (exact) mass is 1290 g/mol. The molecule has 10 N–H and O–H groups in total. The highest BCUT2D eigenvalue weighted by atomic mass is 32.2. The van der Waals surface area contributed by atoms with Crippen molar-refractivity contribution >= 4 is 73.3 Å². The second-order valence-electron chi connectivity index (χ2n) is 23.4. The molecule has 0 aliphatic carbocycles. The number of sulfonamides is 1. The number of methoxy groups -OCH3 is 1. The van der Waals surface area contributed by atoms with Crippen LogP contribution >= 0.6 is 12.6 Å². The van der Waals surface area contributed by atoms with Crippen molar-refractivity contribution in [2.75, 3.05) is 70.2 Å². The Kier molecular flexibility index (Phi) is 22.3. The van der Waals surface area contributed by atoms with Gasteiger partial charge in [0.25, 0.3) is 5.69 Å². The first-order chi connectivity index (χ1) is 42.7. The molecular formula is C62H82N10O14S3. The van der Waals surface area contributed by atoms with Crippen LogP contribution in [0.5, 0.6) is 23.0 Å². The third-order valence-electron chi connectivity index (χ3n) is 17.3. The van der Waals surface area contributed by atoms with E-state index in [1.807, 2.05) is 0 Å². The number of nitrogens with zero attached hydrogens (tertiary/aromatic N) is 3. The van der Waals surface area contributed by atoms with Crippen molar-refractivity contribution in [2.24, 2.45) is 17.2 Å². The van der Waals surface area contributed by atoms with Crippen LogP contribution in [-0.4, -0.2) is 127 Å². The maximum Gasteiger partial charge on any atom is 0.278 e. The number of rotatable bonds is 32. The van der Waals surface area contributed by atoms with Crippen molar-refractivity contribution < 1.29 is 59.7 Å². The fraction of sp³-hybridized carbons (Fsp3) is 0.532. The zero-order valence-corrected chi connectivity index (χ0v) is 52.9. The van der Waals surface area contributed by atoms with Crippen LogP contribution in [0.25, 0.3) is 5.57 Å². The number of hydrogen-bond donors (Lipinski definition) is 8. The molecule has 0 bridgehead atoms. The Hall–Kier alpha value is -6.88. The number of nitrogens with two attached hydrogens (primary N) is 3. The van der Waals surface area contributed by atoms with E-state index in [0.29, 0.717) is 79.3 Å². The lowest BCUT2D eigenvalue weighted by molar-refractivity contribution is -0.385. The van der Waals surface area contributed by atoms with E-state index in [0.717, 1.165) is 106 Å². The van der Waals surface area contributed by atoms with Gasteiger partial charge in [0.05, 0.1) is 45.6 Å². The third kappa shape index (κ3) is 15.7. The number of nitro groups is 1. The second-order valence-corrected chi connectivity index (χ2v) is 26.9. The number of aryl methyl sites for hydroxylation is 2. The van der Waals surface area contributed by atoms with E-state index >= 15 is 0 Å². The van der Waals surface area contributed by atoms with E-state index in [-0.39, 0.29) is 96.7 Å². The Bertz CT molecular complexity index is 3730. The SMILES string of the molecule is COc1cc(C(N)CS)c([N+](=O)[O-])cc1OCCCC(=O)N[C@@H](CCCCN)C(=O)N[C@@H](CCCCNC(=O)CCCCCNS(=O)(=O)c1ccc(C2=c3cc4c5c(c3Oc3c2cc2c6c3CCCN6CCC2)CCC[N+]=5CCC4)c(S(=O)(=O)[O-])c1)C(N)=O. The first kappa shape index (κ1) is 66.5. The Balaban J connectivity index is 0.746. The molecule has 5 aliphatic heterocycles. The van der Waals surface area contributed by atoms with Crippen molar-refractivity contribution in [1.82, 2.24) is 25.2 Å². The van der Waals surface area contributed by atoms with Crippen LogP contribution in [0.2, 0.25) is 0 Å². The number of nitrogens with one attached hydrogen (secondary N) is 4. The van der Waals surface area contributed by atoms with Crippen LogP contribution in [0.3, 0.4) is 0 Å². The molecule has 9 rings (SSSR count). The van der Waals surface area contributed by atoms with E-state index < -0.39 is 65.8 Å². The summed E-state index contributed by atoms with van der Waals surface area (Å²) in [6, 6.07) is 7.81. The smallest absolute Gasteiger partial charge is 0.278 e. The van der Waals surface area contributed by atoms with Gasteiger partial charge in [0, 0.05) is 102 Å². The molecule has 4 aromatic rings. The summed E-state index contributed by atoms with van der Waals surface area (Å²) in [5.41, 5.74) is 24.4. The summed E-state index contributed by atoms with van der Waals surface area (Å²) in [7, 11) is -8.17. The number of anilines is 1. The fourth-order valence-electron chi connectivity index (χ4n) is 12.9. The highest BCUT2D eigenvalue weighted by Crippen LogP contribution is 2.49. The minimum Gasteiger partial charge on any atom is -0.744 e. The molecule has 0 saturated carbocycles. The van der Waals surface area contributed by atoms with E-state index in [4.69, 9.17) is 31.4 Å². The number of nitro benzene ring substituents is 1. The molecule has 0 fully saturated rings. The zero-order chi connectivity index (χ0) is 63.6. The van der Waals surface area contributed by atoms with Gasteiger partial charge in [-0.3, -0.25) is 29.3 Å². The number of hydrogen-bond acceptors (Lipinski definition) is 18. The minimum absolute atomic E-state index is 0.0116. The van der Waals surface area contributed by atoms with Gasteiger partial charge in [-0.05, 0) is 139 Å². The number of unbranched alkanes of at least 4 members (excludes halogenated alkanes) is 4. The topological polar surface area (TPSA) is 363 Å². The number of fused-ring (bicyclic) bond motifs is 4. The fourth-order valence-corrected chi connectivity index (χ4v) is 15.0. The largest absolute Gasteiger partial charge is 0.744 e. The zero-order valence-electron chi connectivity index (χ0n) is 50.3. The van der Waals surface area contributed by atoms with Crippen LogP contribution in [0.4, 0.5) is 11.4 Å². The molecule has 4 aromatic carbocycles. The molecule has 27 heteroatoms. The molecule has 0 spiro atoms. The summed E-state index contributed by atoms with van der Waals surface area (Å²) in [4.78, 5) is 64.4. The maximum absolute atomic E-state index is 13.9. The predicted octanol–water partition coefficient (Wildman–Crippen LogP) is 3.44. The van der Waals surface area contributed by atoms with Gasteiger partial charge in [-0.1, -0.05) is 12.5 Å². The number of carbonyl (C=O) groups is 4. The lowest BCUT2D eigenvalue weighted by Gasteiger charge is -2.39. The molecule has 0 radical (unpaired) electrons. The highest BCUT2D eigenvalue weighted by molar-refractivity contribution is 7.89. The van der Waals surface area contributed by atoms with E-state index in [1.54, 1.807) is 0 Å². The quantitative estimate of drug-likeness (QED) is 0.00763. The molecule has 0 aromatic heterocycles. The van der Waals surface area contributed by atoms with Crippen LogP contribution in [0.1, 0.15) is 148 Å². The number of ether oxygens (including phenoxy) is 3. The lowest BCUT2D eigenvalue weighted by Crippen LogP contribution is -2.53. The molecule has 482 valence electrons. The van der Waals surface area contributed by atoms with Crippen molar-refractivity contribution in [3.8, 4) is 23.0 Å². The van der Waals surface area contributed by atoms with Gasteiger partial charge in [-0.15, -0.1) is 0 Å². The second kappa shape index (κ2) is 29.8. The van der Waals surface area contributed by atoms with E-state index in [9.17, 15) is 50.7 Å². The maximum atomic E-state index is 13.9. The molecule has 4 amide bonds. The summed E-state index contributed by atoms with van der Waals surface area (Å²) >= 11 is 4.15. The number of carbonyl (C=O) groups excluding carboxylic acids is 4. The van der Waals surface area contributed by atoms with Gasteiger partial charge in [0.2, 0.25) is 39.0 Å². The highest BCUT2D eigenvalue weighted by Gasteiger charge is 2.37. The van der Waals surface area contributed by atoms with Crippen molar-refractivity contribution in [1.29, 1.82) is 0 Å². The standard InChI is InChI=1S/C62H82N10O14S3/c1-84-51-35-44(47(64)37-87)50(72(77)78)36-52(51)85-31-13-21-55(74)68-49(19-4-6-24-63)62(76)69-48(61(65)75)18-5-8-25-66-54(73)20-3-2-7-26-67-88(79,80)40-22-23-41(53(34-40)89(81,82)83)56-45-32-38-14-9-27-70-29-11-16-42(57(38)70)59(45)86-60-43-17-12-30-71-28-10-15-39(58(43)71)33-46(56)60/h22-23,32-36,47-49,67H,2-21,24-31,37,63-64H2,1H3,(H6-,65,66,68,69,73,74,75,76,81,82,83,87)/t47?,48-,49-/m0/s1. The summed E-state index contributed by atoms with van der Waals surface area (Å²) < 4.78 is 91.2. The number of thiol groups is 1. The Labute approximate surface area is 524 Å². The van der Waals surface area contributed by atoms with E-state index in [2.05, 4.69) is 54.9 Å². The third-order valence-corrected chi connectivity index (χ3v) is 20.0. The summed E-state index contributed by atoms with van der Waals surface area (Å²) in [5, 5.41) is 21.9. The van der Waals surface area contributed by atoms with Crippen LogP contribution < -0.4 is 72.1 Å². The van der Waals surface area contributed by atoms with Crippen LogP contribution in [0.15, 0.2) is 52.3 Å². The Morgan fingerprint density at radius 1 is 0.787 bits per heavy atom. The molecule has 24 nitrogen and oxygen atoms in total. The Morgan fingerprint density at radius 2 is 1.49 bits per heavy atom. The first-order valence-electron chi connectivity index (χ1n) is 31.0. The van der Waals surface area contributed by atoms with Gasteiger partial charge in [0.1, 0.15) is 46.8 Å². The molecule has 89 heavy (non-hydrogen) atoms. The predicted molar refractivity (Wildman–Crippen MR) is 336 cm³/mol. The van der Waals surface area contributed by atoms with Gasteiger partial charge < -0.3 is 56.8 Å². The average Bonchev–Trinajstić information content (AvgIpc) is 1.04. The van der Waals surface area contributed by atoms with Crippen molar-refractivity contribution in [2.45, 2.75) is 156 Å². The molecule has 5 aliphatic rings. The van der Waals surface area contributed by atoms with Crippen LogP contribution in [-0.2, 0) is 65.0 Å². The van der Waals surface area contributed by atoms with Gasteiger partial charge in [0.15, 0.2) is 11.5 Å². The van der Waals surface area contributed by atoms with E-state index in [1.165, 1.54) is 42.4 Å². The summed E-state index contributed by atoms with van der Waals surface area (Å²) in [5.74, 6) is -0.286. The van der Waals surface area contributed by atoms with Gasteiger partial charge >= 0.3 is 0 Å². The molecule has 3 atom stereocenters. The molecular weight excluding hydrogens is 1200 g/mol. The average molecular weight is 1290 g/mol.